The van der Waals surface area contributed by atoms with Crippen LogP contribution in [-0.4, -0.2) is 18.9 Å². The van der Waals surface area contributed by atoms with E-state index in [0.29, 0.717) is 5.41 Å². The van der Waals surface area contributed by atoms with Gasteiger partial charge in [-0.15, -0.1) is 0 Å². The summed E-state index contributed by atoms with van der Waals surface area (Å²) in [6, 6.07) is 0. The van der Waals surface area contributed by atoms with E-state index in [9.17, 15) is 0 Å². The Labute approximate surface area is 88.2 Å². The largest absolute Gasteiger partial charge is 0.372 e. The van der Waals surface area contributed by atoms with Crippen LogP contribution in [0.15, 0.2) is 4.99 Å². The van der Waals surface area contributed by atoms with Crippen LogP contribution in [0.3, 0.4) is 0 Å². The lowest BCUT2D eigenvalue weighted by atomic mass is 9.89. The first-order valence-corrected chi connectivity index (χ1v) is 5.85. The highest BCUT2D eigenvalue weighted by molar-refractivity contribution is 5.83. The molecule has 0 fully saturated rings. The van der Waals surface area contributed by atoms with E-state index in [2.05, 4.69) is 31.1 Å². The van der Waals surface area contributed by atoms with Crippen LogP contribution in [0.2, 0.25) is 0 Å². The average Bonchev–Trinajstić information content (AvgIpc) is 2.54. The van der Waals surface area contributed by atoms with Crippen molar-refractivity contribution in [2.45, 2.75) is 52.9 Å². The smallest absolute Gasteiger partial charge is 0.0964 e. The van der Waals surface area contributed by atoms with E-state index in [4.69, 9.17) is 0 Å². The Morgan fingerprint density at radius 3 is 2.57 bits per heavy atom. The molecule has 1 aliphatic rings. The number of amidine groups is 1. The Hall–Kier alpha value is -0.530. The molecule has 2 nitrogen and oxygen atoms in total. The molecule has 0 aliphatic carbocycles. The maximum Gasteiger partial charge on any atom is 0.0964 e. The van der Waals surface area contributed by atoms with Crippen LogP contribution in [-0.2, 0) is 0 Å². The molecule has 0 radical (unpaired) electrons. The molecule has 2 heteroatoms. The van der Waals surface area contributed by atoms with Crippen molar-refractivity contribution in [3.63, 3.8) is 0 Å². The van der Waals surface area contributed by atoms with Gasteiger partial charge in [0.1, 0.15) is 0 Å². The van der Waals surface area contributed by atoms with Crippen LogP contribution in [0.1, 0.15) is 52.9 Å². The number of aliphatic imine (C=N–C) groups is 1. The van der Waals surface area contributed by atoms with Crippen LogP contribution in [0.5, 0.6) is 0 Å². The fourth-order valence-corrected chi connectivity index (χ4v) is 1.74. The third-order valence-electron chi connectivity index (χ3n) is 2.58. The minimum atomic E-state index is 0.503. The predicted octanol–water partition coefficient (Wildman–Crippen LogP) is 2.98. The standard InChI is InChI=1S/C12H24N2/c1-12(2,3)8-6-4-5-7-11-13-9-10-14-11/h4-10H2,1-3H3,(H,13,14). The molecule has 0 aromatic rings. The lowest BCUT2D eigenvalue weighted by Gasteiger charge is -2.17. The van der Waals surface area contributed by atoms with Crippen molar-refractivity contribution >= 4 is 5.84 Å². The summed E-state index contributed by atoms with van der Waals surface area (Å²) in [4.78, 5) is 4.39. The van der Waals surface area contributed by atoms with E-state index >= 15 is 0 Å². The minimum absolute atomic E-state index is 0.503. The zero-order valence-corrected chi connectivity index (χ0v) is 9.90. The monoisotopic (exact) mass is 196 g/mol. The van der Waals surface area contributed by atoms with E-state index < -0.39 is 0 Å². The van der Waals surface area contributed by atoms with Gasteiger partial charge in [0.15, 0.2) is 0 Å². The van der Waals surface area contributed by atoms with Gasteiger partial charge in [0.25, 0.3) is 0 Å². The first-order chi connectivity index (χ1) is 6.58. The number of hydrogen-bond donors (Lipinski definition) is 1. The van der Waals surface area contributed by atoms with E-state index in [0.717, 1.165) is 19.5 Å². The van der Waals surface area contributed by atoms with E-state index in [-0.39, 0.29) is 0 Å². The summed E-state index contributed by atoms with van der Waals surface area (Å²) < 4.78 is 0. The molecular formula is C12H24N2. The quantitative estimate of drug-likeness (QED) is 0.672. The van der Waals surface area contributed by atoms with Gasteiger partial charge in [-0.3, -0.25) is 4.99 Å². The SMILES string of the molecule is CC(C)(C)CCCCCC1=NCCN1. The maximum atomic E-state index is 4.39. The average molecular weight is 196 g/mol. The summed E-state index contributed by atoms with van der Waals surface area (Å²) in [5.74, 6) is 1.24. The fourth-order valence-electron chi connectivity index (χ4n) is 1.74. The number of nitrogens with one attached hydrogen (secondary N) is 1. The van der Waals surface area contributed by atoms with Crippen LogP contribution in [0.4, 0.5) is 0 Å². The number of hydrogen-bond acceptors (Lipinski definition) is 2. The first kappa shape index (κ1) is 11.5. The zero-order chi connectivity index (χ0) is 10.4. The first-order valence-electron chi connectivity index (χ1n) is 5.85. The van der Waals surface area contributed by atoms with Crippen molar-refractivity contribution in [1.82, 2.24) is 5.32 Å². The molecule has 0 amide bonds. The Balaban J connectivity index is 1.94. The minimum Gasteiger partial charge on any atom is -0.372 e. The molecule has 0 unspecified atom stereocenters. The van der Waals surface area contributed by atoms with Crippen LogP contribution in [0, 0.1) is 5.41 Å². The summed E-state index contributed by atoms with van der Waals surface area (Å²) in [6.07, 6.45) is 6.49. The van der Waals surface area contributed by atoms with Gasteiger partial charge < -0.3 is 5.32 Å². The Kier molecular flexibility index (Phi) is 4.43. The highest BCUT2D eigenvalue weighted by Crippen LogP contribution is 2.22. The molecule has 1 aliphatic heterocycles. The van der Waals surface area contributed by atoms with Crippen molar-refractivity contribution in [3.05, 3.63) is 0 Å². The van der Waals surface area contributed by atoms with Crippen LogP contribution >= 0.6 is 0 Å². The molecule has 0 saturated heterocycles. The van der Waals surface area contributed by atoms with Crippen LogP contribution < -0.4 is 5.32 Å². The molecule has 0 aromatic carbocycles. The fraction of sp³-hybridized carbons (Fsp3) is 0.917. The number of nitrogens with zero attached hydrogens (tertiary/aromatic N) is 1. The summed E-state index contributed by atoms with van der Waals surface area (Å²) in [5, 5.41) is 3.31. The van der Waals surface area contributed by atoms with Crippen LogP contribution in [0.25, 0.3) is 0 Å². The molecule has 1 N–H and O–H groups in total. The van der Waals surface area contributed by atoms with Crippen molar-refractivity contribution in [2.24, 2.45) is 10.4 Å². The van der Waals surface area contributed by atoms with Gasteiger partial charge in [0.05, 0.1) is 12.4 Å². The maximum absolute atomic E-state index is 4.39. The van der Waals surface area contributed by atoms with Gasteiger partial charge in [0.2, 0.25) is 0 Å². The summed E-state index contributed by atoms with van der Waals surface area (Å²) in [6.45, 7) is 8.98. The lowest BCUT2D eigenvalue weighted by Crippen LogP contribution is -2.18. The van der Waals surface area contributed by atoms with Gasteiger partial charge in [-0.2, -0.15) is 0 Å². The molecule has 1 rings (SSSR count). The normalized spacial score (nSPS) is 16.6. The van der Waals surface area contributed by atoms with E-state index in [1.165, 1.54) is 31.5 Å². The van der Waals surface area contributed by atoms with Crippen molar-refractivity contribution < 1.29 is 0 Å². The van der Waals surface area contributed by atoms with E-state index in [1.807, 2.05) is 0 Å². The Morgan fingerprint density at radius 1 is 1.21 bits per heavy atom. The van der Waals surface area contributed by atoms with Gasteiger partial charge in [-0.1, -0.05) is 33.6 Å². The Bertz CT molecular complexity index is 189. The highest BCUT2D eigenvalue weighted by Gasteiger charge is 2.09. The number of unbranched alkanes of at least 4 members (excludes halogenated alkanes) is 2. The molecule has 0 spiro atoms. The molecule has 1 heterocycles. The second-order valence-electron chi connectivity index (χ2n) is 5.38. The second-order valence-corrected chi connectivity index (χ2v) is 5.38. The zero-order valence-electron chi connectivity index (χ0n) is 9.90. The molecule has 0 atom stereocenters. The van der Waals surface area contributed by atoms with Gasteiger partial charge in [0, 0.05) is 13.0 Å². The predicted molar refractivity (Wildman–Crippen MR) is 62.8 cm³/mol. The molecule has 14 heavy (non-hydrogen) atoms. The summed E-state index contributed by atoms with van der Waals surface area (Å²) >= 11 is 0. The van der Waals surface area contributed by atoms with Crippen molar-refractivity contribution in [2.75, 3.05) is 13.1 Å². The molecular weight excluding hydrogens is 172 g/mol. The molecule has 0 bridgehead atoms. The van der Waals surface area contributed by atoms with Gasteiger partial charge in [-0.05, 0) is 18.3 Å². The molecule has 82 valence electrons. The van der Waals surface area contributed by atoms with Crippen molar-refractivity contribution in [3.8, 4) is 0 Å². The summed E-state index contributed by atoms with van der Waals surface area (Å²) in [7, 11) is 0. The Morgan fingerprint density at radius 2 is 2.00 bits per heavy atom. The highest BCUT2D eigenvalue weighted by atomic mass is 15.1. The topological polar surface area (TPSA) is 24.4 Å². The van der Waals surface area contributed by atoms with E-state index in [1.54, 1.807) is 0 Å². The number of rotatable bonds is 5. The third kappa shape index (κ3) is 5.25. The van der Waals surface area contributed by atoms with Gasteiger partial charge >= 0.3 is 0 Å². The lowest BCUT2D eigenvalue weighted by molar-refractivity contribution is 0.358. The van der Waals surface area contributed by atoms with Gasteiger partial charge in [-0.25, -0.2) is 0 Å². The molecule has 0 aromatic heterocycles. The second kappa shape index (κ2) is 5.38. The summed E-state index contributed by atoms with van der Waals surface area (Å²) in [5.41, 5.74) is 0.503. The molecule has 0 saturated carbocycles. The van der Waals surface area contributed by atoms with Crippen molar-refractivity contribution in [1.29, 1.82) is 0 Å². The third-order valence-corrected chi connectivity index (χ3v) is 2.58.